The molecule has 2 unspecified atom stereocenters. The maximum Gasteiger partial charge on any atom is 0.253 e. The standard InChI is InChI=1S/C20H30N4O3.HI/c1-2-21-20(23-14-17-8-4-10-26-17)22-13-15-6-3-7-16(12-15)24-19(25)18-9-5-11-27-18;/h3,6-7,12,17-18H,2,4-5,8-11,13-14H2,1H3,(H,24,25)(H2,21,22,23);1H. The van der Waals surface area contributed by atoms with Gasteiger partial charge in [0.2, 0.25) is 0 Å². The van der Waals surface area contributed by atoms with Gasteiger partial charge in [0.15, 0.2) is 5.96 Å². The monoisotopic (exact) mass is 502 g/mol. The molecule has 1 aromatic rings. The smallest absolute Gasteiger partial charge is 0.253 e. The Kier molecular flexibility index (Phi) is 10.0. The average Bonchev–Trinajstić information content (AvgIpc) is 3.38. The van der Waals surface area contributed by atoms with Gasteiger partial charge in [-0.05, 0) is 50.3 Å². The number of anilines is 1. The fourth-order valence-corrected chi connectivity index (χ4v) is 3.28. The number of benzene rings is 1. The molecule has 3 N–H and O–H groups in total. The summed E-state index contributed by atoms with van der Waals surface area (Å²) in [5.74, 6) is 0.710. The highest BCUT2D eigenvalue weighted by Crippen LogP contribution is 2.16. The van der Waals surface area contributed by atoms with Crippen molar-refractivity contribution in [3.8, 4) is 0 Å². The number of carbonyl (C=O) groups is 1. The number of rotatable bonds is 7. The van der Waals surface area contributed by atoms with Crippen molar-refractivity contribution in [1.29, 1.82) is 0 Å². The summed E-state index contributed by atoms with van der Waals surface area (Å²) in [5, 5.41) is 9.54. The number of aliphatic imine (C=N–C) groups is 1. The SMILES string of the molecule is CCNC(=NCc1cccc(NC(=O)C2CCCO2)c1)NCC1CCCO1.I. The van der Waals surface area contributed by atoms with Gasteiger partial charge in [-0.1, -0.05) is 12.1 Å². The van der Waals surface area contributed by atoms with Crippen LogP contribution in [-0.2, 0) is 20.8 Å². The second-order valence-electron chi connectivity index (χ2n) is 6.90. The molecule has 2 heterocycles. The first kappa shape index (κ1) is 22.9. The summed E-state index contributed by atoms with van der Waals surface area (Å²) >= 11 is 0. The van der Waals surface area contributed by atoms with Crippen LogP contribution in [0.3, 0.4) is 0 Å². The Labute approximate surface area is 184 Å². The summed E-state index contributed by atoms with van der Waals surface area (Å²) in [6.07, 6.45) is 3.90. The summed E-state index contributed by atoms with van der Waals surface area (Å²) < 4.78 is 11.1. The second kappa shape index (κ2) is 12.2. The predicted octanol–water partition coefficient (Wildman–Crippen LogP) is 2.66. The molecule has 2 fully saturated rings. The lowest BCUT2D eigenvalue weighted by Gasteiger charge is -2.15. The molecule has 2 aliphatic heterocycles. The first-order valence-corrected chi connectivity index (χ1v) is 9.90. The maximum atomic E-state index is 12.2. The van der Waals surface area contributed by atoms with Crippen molar-refractivity contribution >= 4 is 41.5 Å². The van der Waals surface area contributed by atoms with Gasteiger partial charge in [0, 0.05) is 32.0 Å². The molecule has 156 valence electrons. The molecule has 0 aliphatic carbocycles. The van der Waals surface area contributed by atoms with Crippen LogP contribution >= 0.6 is 24.0 Å². The molecule has 3 rings (SSSR count). The minimum absolute atomic E-state index is 0. The van der Waals surface area contributed by atoms with Crippen LogP contribution in [0.1, 0.15) is 38.2 Å². The fourth-order valence-electron chi connectivity index (χ4n) is 3.28. The minimum atomic E-state index is -0.325. The molecule has 2 atom stereocenters. The van der Waals surface area contributed by atoms with Crippen molar-refractivity contribution in [3.63, 3.8) is 0 Å². The first-order valence-electron chi connectivity index (χ1n) is 9.90. The van der Waals surface area contributed by atoms with E-state index in [0.717, 1.165) is 62.6 Å². The number of halogens is 1. The van der Waals surface area contributed by atoms with Crippen molar-refractivity contribution in [2.75, 3.05) is 31.6 Å². The van der Waals surface area contributed by atoms with Crippen molar-refractivity contribution in [3.05, 3.63) is 29.8 Å². The summed E-state index contributed by atoms with van der Waals surface area (Å²) in [5.41, 5.74) is 1.81. The molecule has 0 aromatic heterocycles. The zero-order valence-corrected chi connectivity index (χ0v) is 18.7. The van der Waals surface area contributed by atoms with E-state index in [-0.39, 0.29) is 42.1 Å². The van der Waals surface area contributed by atoms with Crippen molar-refractivity contribution in [1.82, 2.24) is 10.6 Å². The minimum Gasteiger partial charge on any atom is -0.376 e. The molecule has 0 spiro atoms. The maximum absolute atomic E-state index is 12.2. The Morgan fingerprint density at radius 1 is 1.18 bits per heavy atom. The van der Waals surface area contributed by atoms with E-state index in [1.165, 1.54) is 0 Å². The van der Waals surface area contributed by atoms with E-state index < -0.39 is 0 Å². The van der Waals surface area contributed by atoms with Crippen LogP contribution in [0, 0.1) is 0 Å². The highest BCUT2D eigenvalue weighted by molar-refractivity contribution is 14.0. The predicted molar refractivity (Wildman–Crippen MR) is 121 cm³/mol. The summed E-state index contributed by atoms with van der Waals surface area (Å²) in [6.45, 7) is 5.66. The number of amides is 1. The largest absolute Gasteiger partial charge is 0.376 e. The Morgan fingerprint density at radius 3 is 2.71 bits per heavy atom. The van der Waals surface area contributed by atoms with Gasteiger partial charge >= 0.3 is 0 Å². The van der Waals surface area contributed by atoms with Crippen LogP contribution in [-0.4, -0.2) is 50.4 Å². The molecule has 1 amide bonds. The summed E-state index contributed by atoms with van der Waals surface area (Å²) in [7, 11) is 0. The molecule has 1 aromatic carbocycles. The van der Waals surface area contributed by atoms with E-state index in [0.29, 0.717) is 13.2 Å². The van der Waals surface area contributed by atoms with E-state index in [4.69, 9.17) is 9.47 Å². The molecular formula is C20H31IN4O3. The Morgan fingerprint density at radius 2 is 2.00 bits per heavy atom. The van der Waals surface area contributed by atoms with Gasteiger partial charge in [0.25, 0.3) is 5.91 Å². The third-order valence-corrected chi connectivity index (χ3v) is 4.70. The number of ether oxygens (including phenoxy) is 2. The zero-order valence-electron chi connectivity index (χ0n) is 16.4. The van der Waals surface area contributed by atoms with Crippen LogP contribution in [0.25, 0.3) is 0 Å². The topological polar surface area (TPSA) is 84.0 Å². The third kappa shape index (κ3) is 7.21. The quantitative estimate of drug-likeness (QED) is 0.304. The van der Waals surface area contributed by atoms with Gasteiger partial charge in [0.05, 0.1) is 12.6 Å². The van der Waals surface area contributed by atoms with Crippen LogP contribution in [0.15, 0.2) is 29.3 Å². The van der Waals surface area contributed by atoms with Gasteiger partial charge < -0.3 is 25.4 Å². The molecule has 28 heavy (non-hydrogen) atoms. The van der Waals surface area contributed by atoms with Crippen LogP contribution in [0.4, 0.5) is 5.69 Å². The molecule has 7 nitrogen and oxygen atoms in total. The van der Waals surface area contributed by atoms with Crippen LogP contribution < -0.4 is 16.0 Å². The van der Waals surface area contributed by atoms with Gasteiger partial charge in [-0.2, -0.15) is 0 Å². The first-order chi connectivity index (χ1) is 13.2. The Bertz CT molecular complexity index is 644. The van der Waals surface area contributed by atoms with E-state index >= 15 is 0 Å². The van der Waals surface area contributed by atoms with Crippen molar-refractivity contribution in [2.45, 2.75) is 51.4 Å². The van der Waals surface area contributed by atoms with Gasteiger partial charge in [0.1, 0.15) is 6.10 Å². The molecule has 0 radical (unpaired) electrons. The molecule has 0 bridgehead atoms. The third-order valence-electron chi connectivity index (χ3n) is 4.70. The molecule has 8 heteroatoms. The highest BCUT2D eigenvalue weighted by atomic mass is 127. The van der Waals surface area contributed by atoms with Crippen molar-refractivity contribution < 1.29 is 14.3 Å². The number of guanidine groups is 1. The number of nitrogens with zero attached hydrogens (tertiary/aromatic N) is 1. The zero-order chi connectivity index (χ0) is 18.9. The lowest BCUT2D eigenvalue weighted by Crippen LogP contribution is -2.41. The van der Waals surface area contributed by atoms with Crippen molar-refractivity contribution in [2.24, 2.45) is 4.99 Å². The fraction of sp³-hybridized carbons (Fsp3) is 0.600. The van der Waals surface area contributed by atoms with E-state index in [1.54, 1.807) is 0 Å². The van der Waals surface area contributed by atoms with E-state index in [2.05, 4.69) is 20.9 Å². The number of carbonyl (C=O) groups excluding carboxylic acids is 1. The second-order valence-corrected chi connectivity index (χ2v) is 6.90. The lowest BCUT2D eigenvalue weighted by atomic mass is 10.2. The Hall–Kier alpha value is -1.39. The molecule has 2 aliphatic rings. The normalized spacial score (nSPS) is 21.8. The van der Waals surface area contributed by atoms with Gasteiger partial charge in [-0.3, -0.25) is 4.79 Å². The lowest BCUT2D eigenvalue weighted by molar-refractivity contribution is -0.124. The summed E-state index contributed by atoms with van der Waals surface area (Å²) in [6, 6.07) is 7.79. The van der Waals surface area contributed by atoms with E-state index in [9.17, 15) is 4.79 Å². The molecular weight excluding hydrogens is 471 g/mol. The van der Waals surface area contributed by atoms with Crippen LogP contribution in [0.5, 0.6) is 0 Å². The molecule has 0 saturated carbocycles. The van der Waals surface area contributed by atoms with Gasteiger partial charge in [-0.25, -0.2) is 4.99 Å². The number of hydrogen-bond acceptors (Lipinski definition) is 4. The highest BCUT2D eigenvalue weighted by Gasteiger charge is 2.23. The van der Waals surface area contributed by atoms with E-state index in [1.807, 2.05) is 31.2 Å². The van der Waals surface area contributed by atoms with Gasteiger partial charge in [-0.15, -0.1) is 24.0 Å². The number of nitrogens with one attached hydrogen (secondary N) is 3. The number of hydrogen-bond donors (Lipinski definition) is 3. The summed E-state index contributed by atoms with van der Waals surface area (Å²) in [4.78, 5) is 16.8. The van der Waals surface area contributed by atoms with Crippen LogP contribution in [0.2, 0.25) is 0 Å². The molecule has 2 saturated heterocycles. The average molecular weight is 502 g/mol. The Balaban J connectivity index is 0.00000280.